The van der Waals surface area contributed by atoms with Gasteiger partial charge in [0.15, 0.2) is 0 Å². The third-order valence-corrected chi connectivity index (χ3v) is 3.78. The summed E-state index contributed by atoms with van der Waals surface area (Å²) in [6.45, 7) is 2.25. The average molecular weight is 230 g/mol. The molecule has 0 radical (unpaired) electrons. The molecule has 0 unspecified atom stereocenters. The first-order valence-corrected chi connectivity index (χ1v) is 6.85. The zero-order chi connectivity index (χ0) is 11.7. The van der Waals surface area contributed by atoms with Gasteiger partial charge in [-0.05, 0) is 49.3 Å². The predicted octanol–water partition coefficient (Wildman–Crippen LogP) is 2.78. The molecule has 0 aromatic heterocycles. The van der Waals surface area contributed by atoms with Crippen molar-refractivity contribution in [1.29, 1.82) is 0 Å². The van der Waals surface area contributed by atoms with Gasteiger partial charge in [0.1, 0.15) is 0 Å². The molecule has 1 aromatic rings. The first kappa shape index (κ1) is 11.1. The average Bonchev–Trinajstić information content (AvgIpc) is 3.22. The van der Waals surface area contributed by atoms with Crippen LogP contribution in [0, 0.1) is 5.92 Å². The van der Waals surface area contributed by atoms with Gasteiger partial charge in [0.2, 0.25) is 0 Å². The van der Waals surface area contributed by atoms with Crippen molar-refractivity contribution in [3.05, 3.63) is 29.8 Å². The molecule has 2 aliphatic carbocycles. The Morgan fingerprint density at radius 2 is 1.82 bits per heavy atom. The Kier molecular flexibility index (Phi) is 3.06. The van der Waals surface area contributed by atoms with Gasteiger partial charge in [-0.25, -0.2) is 0 Å². The molecule has 0 heterocycles. The monoisotopic (exact) mass is 230 g/mol. The maximum Gasteiger partial charge on any atom is 0.0363 e. The third kappa shape index (κ3) is 3.22. The van der Waals surface area contributed by atoms with Crippen molar-refractivity contribution in [3.8, 4) is 0 Å². The highest BCUT2D eigenvalue weighted by atomic mass is 15.1. The second kappa shape index (κ2) is 4.69. The molecular weight excluding hydrogens is 208 g/mol. The second-order valence-electron chi connectivity index (χ2n) is 5.65. The van der Waals surface area contributed by atoms with Crippen LogP contribution in [-0.2, 0) is 6.54 Å². The zero-order valence-corrected chi connectivity index (χ0v) is 10.7. The van der Waals surface area contributed by atoms with Gasteiger partial charge in [0, 0.05) is 31.9 Å². The topological polar surface area (TPSA) is 15.3 Å². The van der Waals surface area contributed by atoms with E-state index in [4.69, 9.17) is 0 Å². The largest absolute Gasteiger partial charge is 0.374 e. The fraction of sp³-hybridized carbons (Fsp3) is 0.600. The number of hydrogen-bond acceptors (Lipinski definition) is 2. The van der Waals surface area contributed by atoms with Crippen LogP contribution in [0.2, 0.25) is 0 Å². The molecule has 1 aromatic carbocycles. The summed E-state index contributed by atoms with van der Waals surface area (Å²) >= 11 is 0. The van der Waals surface area contributed by atoms with E-state index < -0.39 is 0 Å². The molecule has 0 aliphatic heterocycles. The molecule has 2 saturated carbocycles. The van der Waals surface area contributed by atoms with E-state index in [1.165, 1.54) is 43.5 Å². The Hall–Kier alpha value is -1.02. The molecule has 3 rings (SSSR count). The van der Waals surface area contributed by atoms with Crippen LogP contribution in [0.25, 0.3) is 0 Å². The fourth-order valence-electron chi connectivity index (χ4n) is 2.21. The van der Waals surface area contributed by atoms with Crippen LogP contribution in [0.1, 0.15) is 31.2 Å². The highest BCUT2D eigenvalue weighted by Crippen LogP contribution is 2.30. The Bertz CT molecular complexity index is 363. The maximum atomic E-state index is 3.55. The van der Waals surface area contributed by atoms with Gasteiger partial charge in [-0.15, -0.1) is 0 Å². The van der Waals surface area contributed by atoms with E-state index in [0.29, 0.717) is 0 Å². The molecule has 2 fully saturated rings. The van der Waals surface area contributed by atoms with Crippen molar-refractivity contribution in [2.75, 3.05) is 18.5 Å². The van der Waals surface area contributed by atoms with E-state index in [1.807, 2.05) is 0 Å². The van der Waals surface area contributed by atoms with E-state index in [1.54, 1.807) is 0 Å². The predicted molar refractivity (Wildman–Crippen MR) is 72.3 cm³/mol. The highest BCUT2D eigenvalue weighted by Gasteiger charge is 2.23. The fourth-order valence-corrected chi connectivity index (χ4v) is 2.21. The maximum absolute atomic E-state index is 3.55. The molecule has 0 amide bonds. The minimum absolute atomic E-state index is 0.798. The van der Waals surface area contributed by atoms with Gasteiger partial charge in [-0.3, -0.25) is 0 Å². The lowest BCUT2D eigenvalue weighted by Gasteiger charge is -2.19. The summed E-state index contributed by atoms with van der Waals surface area (Å²) in [4.78, 5) is 2.38. The van der Waals surface area contributed by atoms with E-state index in [2.05, 4.69) is 41.5 Å². The standard InChI is InChI=1S/C15H22N2/c1-17(11-13-2-3-13)15-8-4-12(5-9-15)10-16-14-6-7-14/h4-5,8-9,13-14,16H,2-3,6-7,10-11H2,1H3. The minimum atomic E-state index is 0.798. The minimum Gasteiger partial charge on any atom is -0.374 e. The van der Waals surface area contributed by atoms with Crippen molar-refractivity contribution >= 4 is 5.69 Å². The van der Waals surface area contributed by atoms with Crippen LogP contribution in [0.5, 0.6) is 0 Å². The summed E-state index contributed by atoms with van der Waals surface area (Å²) in [5.41, 5.74) is 2.76. The zero-order valence-electron chi connectivity index (χ0n) is 10.7. The summed E-state index contributed by atoms with van der Waals surface area (Å²) in [5.74, 6) is 0.955. The van der Waals surface area contributed by atoms with Gasteiger partial charge in [0.05, 0.1) is 0 Å². The van der Waals surface area contributed by atoms with Crippen LogP contribution in [0.4, 0.5) is 5.69 Å². The van der Waals surface area contributed by atoms with Crippen LogP contribution in [-0.4, -0.2) is 19.6 Å². The SMILES string of the molecule is CN(CC1CC1)c1ccc(CNC2CC2)cc1. The number of anilines is 1. The summed E-state index contributed by atoms with van der Waals surface area (Å²) in [7, 11) is 2.20. The Labute approximate surface area is 104 Å². The third-order valence-electron chi connectivity index (χ3n) is 3.78. The quantitative estimate of drug-likeness (QED) is 0.808. The Morgan fingerprint density at radius 1 is 1.12 bits per heavy atom. The summed E-state index contributed by atoms with van der Waals surface area (Å²) in [6, 6.07) is 9.83. The number of benzene rings is 1. The summed E-state index contributed by atoms with van der Waals surface area (Å²) in [5, 5.41) is 3.55. The van der Waals surface area contributed by atoms with Gasteiger partial charge in [0.25, 0.3) is 0 Å². The highest BCUT2D eigenvalue weighted by molar-refractivity contribution is 5.47. The second-order valence-corrected chi connectivity index (χ2v) is 5.65. The van der Waals surface area contributed by atoms with E-state index in [-0.39, 0.29) is 0 Å². The molecule has 0 spiro atoms. The van der Waals surface area contributed by atoms with Gasteiger partial charge in [-0.1, -0.05) is 12.1 Å². The Balaban J connectivity index is 1.53. The van der Waals surface area contributed by atoms with Gasteiger partial charge >= 0.3 is 0 Å². The summed E-state index contributed by atoms with van der Waals surface area (Å²) in [6.07, 6.45) is 5.58. The summed E-state index contributed by atoms with van der Waals surface area (Å²) < 4.78 is 0. The lowest BCUT2D eigenvalue weighted by atomic mass is 10.2. The van der Waals surface area contributed by atoms with Crippen molar-refractivity contribution in [1.82, 2.24) is 5.32 Å². The molecule has 0 saturated heterocycles. The number of nitrogens with one attached hydrogen (secondary N) is 1. The normalized spacial score (nSPS) is 19.4. The van der Waals surface area contributed by atoms with Crippen LogP contribution >= 0.6 is 0 Å². The van der Waals surface area contributed by atoms with Crippen LogP contribution in [0.15, 0.2) is 24.3 Å². The van der Waals surface area contributed by atoms with Gasteiger partial charge in [-0.2, -0.15) is 0 Å². The molecule has 1 N–H and O–H groups in total. The molecule has 2 aliphatic rings. The van der Waals surface area contributed by atoms with Crippen molar-refractivity contribution < 1.29 is 0 Å². The molecule has 0 bridgehead atoms. The van der Waals surface area contributed by atoms with Crippen molar-refractivity contribution in [3.63, 3.8) is 0 Å². The Morgan fingerprint density at radius 3 is 2.41 bits per heavy atom. The molecule has 92 valence electrons. The first-order chi connectivity index (χ1) is 8.31. The molecule has 2 heteroatoms. The number of rotatable bonds is 6. The molecule has 17 heavy (non-hydrogen) atoms. The lowest BCUT2D eigenvalue weighted by molar-refractivity contribution is 0.687. The van der Waals surface area contributed by atoms with E-state index in [0.717, 1.165) is 18.5 Å². The van der Waals surface area contributed by atoms with Crippen molar-refractivity contribution in [2.45, 2.75) is 38.3 Å². The molecule has 2 nitrogen and oxygen atoms in total. The van der Waals surface area contributed by atoms with Crippen molar-refractivity contribution in [2.24, 2.45) is 5.92 Å². The van der Waals surface area contributed by atoms with Crippen LogP contribution < -0.4 is 10.2 Å². The smallest absolute Gasteiger partial charge is 0.0363 e. The van der Waals surface area contributed by atoms with Gasteiger partial charge < -0.3 is 10.2 Å². The first-order valence-electron chi connectivity index (χ1n) is 6.85. The molecule has 0 atom stereocenters. The molecular formula is C15H22N2. The number of nitrogens with zero attached hydrogens (tertiary/aromatic N) is 1. The van der Waals surface area contributed by atoms with Crippen LogP contribution in [0.3, 0.4) is 0 Å². The number of hydrogen-bond donors (Lipinski definition) is 1. The van der Waals surface area contributed by atoms with E-state index >= 15 is 0 Å². The lowest BCUT2D eigenvalue weighted by Crippen LogP contribution is -2.20. The van der Waals surface area contributed by atoms with E-state index in [9.17, 15) is 0 Å².